The Hall–Kier alpha value is -1.67. The third-order valence-corrected chi connectivity index (χ3v) is 6.49. The van der Waals surface area contributed by atoms with Crippen molar-refractivity contribution in [1.82, 2.24) is 14.7 Å². The highest BCUT2D eigenvalue weighted by Gasteiger charge is 2.56. The molecule has 1 atom stereocenters. The SMILES string of the molecule is COc1cccc(C(=O)N2C[C@@H]3COCCN3C3(C2)CN(C2COC2)C3)c1. The lowest BCUT2D eigenvalue weighted by atomic mass is 9.81. The number of nitrogens with zero attached hydrogens (tertiary/aromatic N) is 3. The van der Waals surface area contributed by atoms with Crippen LogP contribution in [0.2, 0.25) is 0 Å². The molecule has 0 aliphatic carbocycles. The van der Waals surface area contributed by atoms with Crippen LogP contribution in [0.25, 0.3) is 0 Å². The second-order valence-corrected chi connectivity index (χ2v) is 8.16. The van der Waals surface area contributed by atoms with Gasteiger partial charge in [-0.3, -0.25) is 14.6 Å². The zero-order valence-electron chi connectivity index (χ0n) is 15.8. The van der Waals surface area contributed by atoms with Crippen LogP contribution in [-0.2, 0) is 9.47 Å². The van der Waals surface area contributed by atoms with Gasteiger partial charge >= 0.3 is 0 Å². The average Bonchev–Trinajstić information content (AvgIpc) is 2.64. The number of fused-ring (bicyclic) bond motifs is 2. The van der Waals surface area contributed by atoms with Gasteiger partial charge in [-0.25, -0.2) is 0 Å². The molecule has 1 aromatic carbocycles. The van der Waals surface area contributed by atoms with Gasteiger partial charge < -0.3 is 19.1 Å². The number of methoxy groups -OCH3 is 1. The Balaban J connectivity index is 1.36. The predicted molar refractivity (Wildman–Crippen MR) is 99.1 cm³/mol. The highest BCUT2D eigenvalue weighted by Crippen LogP contribution is 2.38. The summed E-state index contributed by atoms with van der Waals surface area (Å²) in [5.41, 5.74) is 0.745. The molecule has 4 heterocycles. The molecule has 0 aromatic heterocycles. The number of morpholine rings is 1. The highest BCUT2D eigenvalue weighted by atomic mass is 16.5. The third-order valence-electron chi connectivity index (χ3n) is 6.49. The average molecular weight is 373 g/mol. The molecule has 4 saturated heterocycles. The number of likely N-dealkylation sites (tertiary alicyclic amines) is 1. The Kier molecular flexibility index (Phi) is 4.35. The third kappa shape index (κ3) is 2.93. The Morgan fingerprint density at radius 3 is 2.70 bits per heavy atom. The van der Waals surface area contributed by atoms with Crippen molar-refractivity contribution >= 4 is 5.91 Å². The summed E-state index contributed by atoms with van der Waals surface area (Å²) in [5.74, 6) is 0.805. The Morgan fingerprint density at radius 2 is 1.96 bits per heavy atom. The van der Waals surface area contributed by atoms with Gasteiger partial charge in [0.15, 0.2) is 0 Å². The summed E-state index contributed by atoms with van der Waals surface area (Å²) >= 11 is 0. The second kappa shape index (κ2) is 6.74. The topological polar surface area (TPSA) is 54.5 Å². The molecule has 1 spiro atoms. The monoisotopic (exact) mass is 373 g/mol. The van der Waals surface area contributed by atoms with Crippen molar-refractivity contribution in [2.45, 2.75) is 17.6 Å². The van der Waals surface area contributed by atoms with E-state index in [1.807, 2.05) is 29.2 Å². The summed E-state index contributed by atoms with van der Waals surface area (Å²) in [4.78, 5) is 20.4. The lowest BCUT2D eigenvalue weighted by Gasteiger charge is -2.65. The molecule has 7 nitrogen and oxygen atoms in total. The van der Waals surface area contributed by atoms with Crippen molar-refractivity contribution in [3.8, 4) is 5.75 Å². The fraction of sp³-hybridized carbons (Fsp3) is 0.650. The molecule has 0 bridgehead atoms. The molecule has 0 radical (unpaired) electrons. The number of benzene rings is 1. The van der Waals surface area contributed by atoms with Crippen molar-refractivity contribution in [2.24, 2.45) is 0 Å². The van der Waals surface area contributed by atoms with E-state index in [4.69, 9.17) is 14.2 Å². The van der Waals surface area contributed by atoms with E-state index in [1.54, 1.807) is 7.11 Å². The molecule has 4 aliphatic heterocycles. The minimum atomic E-state index is 0.0524. The van der Waals surface area contributed by atoms with E-state index in [-0.39, 0.29) is 17.5 Å². The van der Waals surface area contributed by atoms with Gasteiger partial charge in [-0.1, -0.05) is 6.07 Å². The van der Waals surface area contributed by atoms with E-state index in [9.17, 15) is 4.79 Å². The molecule has 4 fully saturated rings. The number of rotatable bonds is 3. The normalized spacial score (nSPS) is 28.3. The van der Waals surface area contributed by atoms with Crippen molar-refractivity contribution < 1.29 is 19.0 Å². The maximum absolute atomic E-state index is 13.2. The fourth-order valence-electron chi connectivity index (χ4n) is 4.97. The second-order valence-electron chi connectivity index (χ2n) is 8.16. The van der Waals surface area contributed by atoms with Crippen molar-refractivity contribution in [1.29, 1.82) is 0 Å². The van der Waals surface area contributed by atoms with Gasteiger partial charge in [-0.2, -0.15) is 0 Å². The first-order chi connectivity index (χ1) is 13.2. The van der Waals surface area contributed by atoms with Gasteiger partial charge in [0.2, 0.25) is 0 Å². The van der Waals surface area contributed by atoms with Crippen molar-refractivity contribution in [2.75, 3.05) is 66.3 Å². The summed E-state index contributed by atoms with van der Waals surface area (Å²) in [6, 6.07) is 8.29. The van der Waals surface area contributed by atoms with Gasteiger partial charge in [-0.05, 0) is 18.2 Å². The number of hydrogen-bond acceptors (Lipinski definition) is 6. The van der Waals surface area contributed by atoms with E-state index < -0.39 is 0 Å². The molecular weight excluding hydrogens is 346 g/mol. The maximum atomic E-state index is 13.2. The standard InChI is InChI=1S/C20H27N3O4/c1-25-18-4-2-3-15(7-18)19(24)21-8-16-9-26-6-5-23(16)20(12-21)13-22(14-20)17-10-27-11-17/h2-4,7,16-17H,5-6,8-14H2,1H3/t16-/m1/s1. The zero-order valence-corrected chi connectivity index (χ0v) is 15.8. The maximum Gasteiger partial charge on any atom is 0.254 e. The van der Waals surface area contributed by atoms with Crippen LogP contribution >= 0.6 is 0 Å². The van der Waals surface area contributed by atoms with Crippen LogP contribution in [-0.4, -0.2) is 104 Å². The fourth-order valence-corrected chi connectivity index (χ4v) is 4.97. The largest absolute Gasteiger partial charge is 0.497 e. The van der Waals surface area contributed by atoms with E-state index in [1.165, 1.54) is 0 Å². The molecule has 0 N–H and O–H groups in total. The Labute approximate surface area is 159 Å². The van der Waals surface area contributed by atoms with Crippen molar-refractivity contribution in [3.05, 3.63) is 29.8 Å². The number of hydrogen-bond donors (Lipinski definition) is 0. The number of piperazine rings is 1. The molecule has 146 valence electrons. The number of amides is 1. The Morgan fingerprint density at radius 1 is 1.15 bits per heavy atom. The summed E-state index contributed by atoms with van der Waals surface area (Å²) in [6.07, 6.45) is 0. The number of ether oxygens (including phenoxy) is 3. The minimum Gasteiger partial charge on any atom is -0.497 e. The zero-order chi connectivity index (χ0) is 18.4. The summed E-state index contributed by atoms with van der Waals surface area (Å²) in [6.45, 7) is 7.67. The van der Waals surface area contributed by atoms with Gasteiger partial charge in [0.05, 0.1) is 51.2 Å². The highest BCUT2D eigenvalue weighted by molar-refractivity contribution is 5.94. The number of carbonyl (C=O) groups is 1. The van der Waals surface area contributed by atoms with Crippen LogP contribution in [0, 0.1) is 0 Å². The summed E-state index contributed by atoms with van der Waals surface area (Å²) < 4.78 is 16.4. The smallest absolute Gasteiger partial charge is 0.254 e. The van der Waals surface area contributed by atoms with Crippen LogP contribution in [0.4, 0.5) is 0 Å². The molecule has 7 heteroatoms. The lowest BCUT2D eigenvalue weighted by molar-refractivity contribution is -0.191. The first kappa shape index (κ1) is 17.4. The van der Waals surface area contributed by atoms with Crippen LogP contribution in [0.5, 0.6) is 5.75 Å². The first-order valence-electron chi connectivity index (χ1n) is 9.78. The van der Waals surface area contributed by atoms with Gasteiger partial charge in [-0.15, -0.1) is 0 Å². The van der Waals surface area contributed by atoms with Crippen LogP contribution in [0.15, 0.2) is 24.3 Å². The van der Waals surface area contributed by atoms with E-state index in [0.717, 1.165) is 58.3 Å². The summed E-state index contributed by atoms with van der Waals surface area (Å²) in [5, 5.41) is 0. The van der Waals surface area contributed by atoms with Crippen LogP contribution < -0.4 is 4.74 Å². The van der Waals surface area contributed by atoms with E-state index >= 15 is 0 Å². The Bertz CT molecular complexity index is 717. The lowest BCUT2D eigenvalue weighted by Crippen LogP contribution is -2.82. The predicted octanol–water partition coefficient (Wildman–Crippen LogP) is 0.305. The molecule has 5 rings (SSSR count). The first-order valence-corrected chi connectivity index (χ1v) is 9.78. The van der Waals surface area contributed by atoms with Crippen LogP contribution in [0.3, 0.4) is 0 Å². The van der Waals surface area contributed by atoms with Crippen molar-refractivity contribution in [3.63, 3.8) is 0 Å². The van der Waals surface area contributed by atoms with Gasteiger partial charge in [0, 0.05) is 38.3 Å². The quantitative estimate of drug-likeness (QED) is 0.760. The summed E-state index contributed by atoms with van der Waals surface area (Å²) in [7, 11) is 1.63. The molecule has 0 unspecified atom stereocenters. The molecule has 1 aromatic rings. The van der Waals surface area contributed by atoms with Gasteiger partial charge in [0.1, 0.15) is 5.75 Å². The minimum absolute atomic E-state index is 0.0524. The molecular formula is C20H27N3O4. The number of carbonyl (C=O) groups excluding carboxylic acids is 1. The molecule has 1 amide bonds. The molecule has 27 heavy (non-hydrogen) atoms. The van der Waals surface area contributed by atoms with E-state index in [2.05, 4.69) is 9.80 Å². The molecule has 0 saturated carbocycles. The molecule has 4 aliphatic rings. The van der Waals surface area contributed by atoms with Gasteiger partial charge in [0.25, 0.3) is 5.91 Å². The van der Waals surface area contributed by atoms with E-state index in [0.29, 0.717) is 18.2 Å². The van der Waals surface area contributed by atoms with Crippen LogP contribution in [0.1, 0.15) is 10.4 Å².